The minimum Gasteiger partial charge on any atom is -0.351 e. The Balaban J connectivity index is 1.29. The van der Waals surface area contributed by atoms with Gasteiger partial charge in [-0.05, 0) is 18.2 Å². The van der Waals surface area contributed by atoms with Gasteiger partial charge >= 0.3 is 0 Å². The molecule has 28 heavy (non-hydrogen) atoms. The number of nitrogens with one attached hydrogen (secondary N) is 1. The number of fused-ring (bicyclic) bond motifs is 1. The molecule has 0 atom stereocenters. The maximum atomic E-state index is 12.8. The van der Waals surface area contributed by atoms with Gasteiger partial charge in [-0.2, -0.15) is 0 Å². The Labute approximate surface area is 164 Å². The summed E-state index contributed by atoms with van der Waals surface area (Å²) in [6.07, 6.45) is 1.35. The average molecular weight is 383 g/mol. The minimum absolute atomic E-state index is 0.0177. The van der Waals surface area contributed by atoms with Crippen LogP contribution in [-0.2, 0) is 14.4 Å². The van der Waals surface area contributed by atoms with Crippen LogP contribution in [0.3, 0.4) is 0 Å². The van der Waals surface area contributed by atoms with Gasteiger partial charge in [-0.1, -0.05) is 18.7 Å². The molecule has 0 aromatic heterocycles. The molecule has 0 bridgehead atoms. The van der Waals surface area contributed by atoms with Crippen molar-refractivity contribution in [3.8, 4) is 0 Å². The Morgan fingerprint density at radius 3 is 2.54 bits per heavy atom. The Kier molecular flexibility index (Phi) is 5.04. The second-order valence-electron chi connectivity index (χ2n) is 7.44. The summed E-state index contributed by atoms with van der Waals surface area (Å²) in [6, 6.07) is 7.92. The number of hydrogen-bond acceptors (Lipinski definition) is 5. The molecule has 2 fully saturated rings. The van der Waals surface area contributed by atoms with Crippen molar-refractivity contribution in [2.75, 3.05) is 62.6 Å². The van der Waals surface area contributed by atoms with Crippen molar-refractivity contribution >= 4 is 29.1 Å². The number of hydrogen-bond donors (Lipinski definition) is 1. The van der Waals surface area contributed by atoms with Crippen LogP contribution in [0, 0.1) is 0 Å². The molecule has 1 aromatic carbocycles. The van der Waals surface area contributed by atoms with Crippen molar-refractivity contribution in [1.82, 2.24) is 14.7 Å². The average Bonchev–Trinajstić information content (AvgIpc) is 2.67. The van der Waals surface area contributed by atoms with Gasteiger partial charge in [-0.3, -0.25) is 19.3 Å². The van der Waals surface area contributed by atoms with Crippen LogP contribution in [-0.4, -0.2) is 90.8 Å². The highest BCUT2D eigenvalue weighted by atomic mass is 16.2. The van der Waals surface area contributed by atoms with E-state index < -0.39 is 0 Å². The molecule has 2 saturated heterocycles. The number of likely N-dealkylation sites (tertiary alicyclic amines) is 1. The van der Waals surface area contributed by atoms with E-state index in [1.165, 1.54) is 6.08 Å². The summed E-state index contributed by atoms with van der Waals surface area (Å²) in [5.74, 6) is -0.0722. The van der Waals surface area contributed by atoms with E-state index in [1.807, 2.05) is 34.1 Å². The van der Waals surface area contributed by atoms with E-state index in [0.29, 0.717) is 19.1 Å². The Morgan fingerprint density at radius 1 is 1.11 bits per heavy atom. The van der Waals surface area contributed by atoms with Gasteiger partial charge in [0.25, 0.3) is 0 Å². The number of amides is 3. The second-order valence-corrected chi connectivity index (χ2v) is 7.44. The third kappa shape index (κ3) is 3.60. The van der Waals surface area contributed by atoms with E-state index in [2.05, 4.69) is 16.8 Å². The van der Waals surface area contributed by atoms with Gasteiger partial charge in [-0.15, -0.1) is 0 Å². The van der Waals surface area contributed by atoms with Crippen LogP contribution in [0.15, 0.2) is 36.9 Å². The number of benzene rings is 1. The Hall–Kier alpha value is -2.87. The first-order chi connectivity index (χ1) is 13.5. The largest absolute Gasteiger partial charge is 0.351 e. The predicted octanol–water partition coefficient (Wildman–Crippen LogP) is -0.0139. The fourth-order valence-electron chi connectivity index (χ4n) is 4.04. The third-order valence-electron chi connectivity index (χ3n) is 5.71. The van der Waals surface area contributed by atoms with E-state index in [1.54, 1.807) is 4.90 Å². The number of nitrogens with zero attached hydrogens (tertiary/aromatic N) is 4. The van der Waals surface area contributed by atoms with Crippen LogP contribution in [0.5, 0.6) is 0 Å². The number of anilines is 2. The highest BCUT2D eigenvalue weighted by Crippen LogP contribution is 2.28. The van der Waals surface area contributed by atoms with Gasteiger partial charge in [0.15, 0.2) is 0 Å². The maximum Gasteiger partial charge on any atom is 0.246 e. The molecule has 4 rings (SSSR count). The van der Waals surface area contributed by atoms with Crippen molar-refractivity contribution < 1.29 is 14.4 Å². The van der Waals surface area contributed by atoms with Crippen molar-refractivity contribution in [1.29, 1.82) is 0 Å². The number of rotatable bonds is 4. The minimum atomic E-state index is -0.0973. The summed E-state index contributed by atoms with van der Waals surface area (Å²) >= 11 is 0. The first-order valence-corrected chi connectivity index (χ1v) is 9.62. The number of carbonyl (C=O) groups excluding carboxylic acids is 3. The number of carbonyl (C=O) groups is 3. The highest BCUT2D eigenvalue weighted by Gasteiger charge is 2.36. The van der Waals surface area contributed by atoms with Crippen LogP contribution in [0.25, 0.3) is 0 Å². The standard InChI is InChI=1S/C20H25N5O3/c1-2-19(27)25-11-15(12-25)22-7-9-23(10-8-22)20(28)14-24-13-18(26)21-16-5-3-4-6-17(16)24/h2-6,15H,1,7-14H2,(H,21,26). The molecule has 1 N–H and O–H groups in total. The summed E-state index contributed by atoms with van der Waals surface area (Å²) < 4.78 is 0. The molecule has 3 aliphatic rings. The van der Waals surface area contributed by atoms with Gasteiger partial charge in [0.1, 0.15) is 0 Å². The van der Waals surface area contributed by atoms with Gasteiger partial charge in [-0.25, -0.2) is 0 Å². The summed E-state index contributed by atoms with van der Waals surface area (Å²) in [6.45, 7) is 8.35. The first-order valence-electron chi connectivity index (χ1n) is 9.62. The Bertz CT molecular complexity index is 797. The molecule has 3 aliphatic heterocycles. The first kappa shape index (κ1) is 18.5. The van der Waals surface area contributed by atoms with Crippen molar-refractivity contribution in [2.45, 2.75) is 6.04 Å². The van der Waals surface area contributed by atoms with Gasteiger partial charge in [0.2, 0.25) is 17.7 Å². The lowest BCUT2D eigenvalue weighted by atomic mass is 10.1. The molecule has 0 saturated carbocycles. The third-order valence-corrected chi connectivity index (χ3v) is 5.71. The molecule has 0 radical (unpaired) electrons. The van der Waals surface area contributed by atoms with Crippen LogP contribution < -0.4 is 10.2 Å². The molecular weight excluding hydrogens is 358 g/mol. The zero-order valence-electron chi connectivity index (χ0n) is 15.8. The highest BCUT2D eigenvalue weighted by molar-refractivity contribution is 6.02. The molecule has 1 aromatic rings. The predicted molar refractivity (Wildman–Crippen MR) is 106 cm³/mol. The quantitative estimate of drug-likeness (QED) is 0.740. The lowest BCUT2D eigenvalue weighted by molar-refractivity contribution is -0.135. The molecule has 0 aliphatic carbocycles. The molecule has 3 amide bonds. The summed E-state index contributed by atoms with van der Waals surface area (Å²) in [7, 11) is 0. The smallest absolute Gasteiger partial charge is 0.246 e. The summed E-state index contributed by atoms with van der Waals surface area (Å²) in [5, 5.41) is 2.84. The van der Waals surface area contributed by atoms with E-state index in [4.69, 9.17) is 0 Å². The lowest BCUT2D eigenvalue weighted by Crippen LogP contribution is -2.64. The zero-order valence-corrected chi connectivity index (χ0v) is 15.8. The van der Waals surface area contributed by atoms with Crippen LogP contribution in [0.2, 0.25) is 0 Å². The zero-order chi connectivity index (χ0) is 19.7. The van der Waals surface area contributed by atoms with Crippen LogP contribution in [0.4, 0.5) is 11.4 Å². The number of piperazine rings is 1. The Morgan fingerprint density at radius 2 is 1.82 bits per heavy atom. The van der Waals surface area contributed by atoms with Crippen molar-refractivity contribution in [3.63, 3.8) is 0 Å². The van der Waals surface area contributed by atoms with Gasteiger partial charge in [0.05, 0.1) is 24.5 Å². The van der Waals surface area contributed by atoms with Crippen LogP contribution in [0.1, 0.15) is 0 Å². The van der Waals surface area contributed by atoms with E-state index >= 15 is 0 Å². The lowest BCUT2D eigenvalue weighted by Gasteiger charge is -2.48. The van der Waals surface area contributed by atoms with E-state index in [-0.39, 0.29) is 30.8 Å². The van der Waals surface area contributed by atoms with Crippen LogP contribution >= 0.6 is 0 Å². The van der Waals surface area contributed by atoms with Gasteiger partial charge < -0.3 is 20.0 Å². The van der Waals surface area contributed by atoms with E-state index in [0.717, 1.165) is 37.6 Å². The monoisotopic (exact) mass is 383 g/mol. The maximum absolute atomic E-state index is 12.8. The molecule has 148 valence electrons. The van der Waals surface area contributed by atoms with Gasteiger partial charge in [0, 0.05) is 45.3 Å². The molecule has 3 heterocycles. The summed E-state index contributed by atoms with van der Waals surface area (Å²) in [5.41, 5.74) is 1.63. The molecule has 0 spiro atoms. The topological polar surface area (TPSA) is 76.2 Å². The molecule has 0 unspecified atom stereocenters. The number of para-hydroxylation sites is 2. The fraction of sp³-hybridized carbons (Fsp3) is 0.450. The molecular formula is C20H25N5O3. The SMILES string of the molecule is C=CC(=O)N1CC(N2CCN(C(=O)CN3CC(=O)Nc4ccccc43)CC2)C1. The second kappa shape index (κ2) is 7.63. The van der Waals surface area contributed by atoms with Crippen molar-refractivity contribution in [3.05, 3.63) is 36.9 Å². The molecule has 8 nitrogen and oxygen atoms in total. The fourth-order valence-corrected chi connectivity index (χ4v) is 4.04. The normalized spacial score (nSPS) is 20.3. The summed E-state index contributed by atoms with van der Waals surface area (Å²) in [4.78, 5) is 44.1. The van der Waals surface area contributed by atoms with Crippen molar-refractivity contribution in [2.24, 2.45) is 0 Å². The molecule has 8 heteroatoms. The van der Waals surface area contributed by atoms with E-state index in [9.17, 15) is 14.4 Å².